The highest BCUT2D eigenvalue weighted by atomic mass is 32.2. The van der Waals surface area contributed by atoms with Crippen molar-refractivity contribution in [3.05, 3.63) is 20.8 Å². The zero-order chi connectivity index (χ0) is 19.7. The lowest BCUT2D eigenvalue weighted by molar-refractivity contribution is -0.131. The Balaban J connectivity index is 1.96. The van der Waals surface area contributed by atoms with Crippen LogP contribution in [0, 0.1) is 19.8 Å². The normalized spacial score (nSPS) is 16.3. The van der Waals surface area contributed by atoms with Gasteiger partial charge in [0.05, 0.1) is 10.6 Å². The van der Waals surface area contributed by atoms with Crippen LogP contribution < -0.4 is 5.56 Å². The Labute approximate surface area is 169 Å². The number of nitrogens with zero attached hydrogens (tertiary/aromatic N) is 3. The van der Waals surface area contributed by atoms with Gasteiger partial charge in [-0.3, -0.25) is 14.2 Å². The standard InChI is InChI=1S/C20H29N3O2S2/c1-12(2)11-23-19(25)16-13(3)14(4)26-17(16)21-20(23)27-15(5)18(24)22-9-7-6-8-10-22/h12,15H,6-11H2,1-5H3/t15-/m1/s1. The Hall–Kier alpha value is -1.34. The molecule has 1 atom stereocenters. The van der Waals surface area contributed by atoms with Gasteiger partial charge in [0.25, 0.3) is 5.56 Å². The van der Waals surface area contributed by atoms with Gasteiger partial charge >= 0.3 is 0 Å². The summed E-state index contributed by atoms with van der Waals surface area (Å²) in [5.74, 6) is 0.484. The molecule has 3 heterocycles. The van der Waals surface area contributed by atoms with Gasteiger partial charge in [-0.1, -0.05) is 25.6 Å². The van der Waals surface area contributed by atoms with E-state index in [1.807, 2.05) is 25.7 Å². The highest BCUT2D eigenvalue weighted by molar-refractivity contribution is 8.00. The molecule has 0 radical (unpaired) electrons. The Morgan fingerprint density at radius 3 is 2.48 bits per heavy atom. The molecule has 0 aliphatic carbocycles. The number of fused-ring (bicyclic) bond motifs is 1. The second-order valence-corrected chi connectivity index (χ2v) is 10.3. The average Bonchev–Trinajstić information content (AvgIpc) is 2.92. The predicted octanol–water partition coefficient (Wildman–Crippen LogP) is 4.22. The number of hydrogen-bond donors (Lipinski definition) is 0. The van der Waals surface area contributed by atoms with Gasteiger partial charge < -0.3 is 4.90 Å². The number of aryl methyl sites for hydroxylation is 2. The van der Waals surface area contributed by atoms with E-state index in [4.69, 9.17) is 4.98 Å². The number of amides is 1. The van der Waals surface area contributed by atoms with Crippen molar-refractivity contribution in [3.8, 4) is 0 Å². The maximum atomic E-state index is 13.2. The van der Waals surface area contributed by atoms with E-state index in [9.17, 15) is 9.59 Å². The maximum absolute atomic E-state index is 13.2. The minimum Gasteiger partial charge on any atom is -0.342 e. The number of thiophene rings is 1. The number of likely N-dealkylation sites (tertiary alicyclic amines) is 1. The first kappa shape index (κ1) is 20.4. The Morgan fingerprint density at radius 2 is 1.85 bits per heavy atom. The minimum absolute atomic E-state index is 0.0238. The summed E-state index contributed by atoms with van der Waals surface area (Å²) in [6.07, 6.45) is 3.37. The molecule has 148 valence electrons. The highest BCUT2D eigenvalue weighted by Gasteiger charge is 2.26. The largest absolute Gasteiger partial charge is 0.342 e. The third-order valence-corrected chi connectivity index (χ3v) is 7.28. The van der Waals surface area contributed by atoms with Gasteiger partial charge in [-0.05, 0) is 51.5 Å². The van der Waals surface area contributed by atoms with E-state index in [0.29, 0.717) is 17.6 Å². The molecular weight excluding hydrogens is 378 g/mol. The molecule has 27 heavy (non-hydrogen) atoms. The van der Waals surface area contributed by atoms with Crippen molar-refractivity contribution in [1.29, 1.82) is 0 Å². The number of piperidine rings is 1. The van der Waals surface area contributed by atoms with E-state index >= 15 is 0 Å². The third-order valence-electron chi connectivity index (χ3n) is 5.10. The van der Waals surface area contributed by atoms with Crippen LogP contribution in [-0.2, 0) is 11.3 Å². The zero-order valence-corrected chi connectivity index (χ0v) is 18.5. The lowest BCUT2D eigenvalue weighted by Crippen LogP contribution is -2.40. The predicted molar refractivity (Wildman–Crippen MR) is 114 cm³/mol. The molecule has 0 saturated carbocycles. The van der Waals surface area contributed by atoms with Gasteiger partial charge in [-0.15, -0.1) is 11.3 Å². The van der Waals surface area contributed by atoms with Crippen LogP contribution in [0.15, 0.2) is 9.95 Å². The molecule has 0 spiro atoms. The SMILES string of the molecule is Cc1sc2nc(S[C@H](C)C(=O)N3CCCCC3)n(CC(C)C)c(=O)c2c1C. The van der Waals surface area contributed by atoms with Gasteiger partial charge in [0, 0.05) is 24.5 Å². The lowest BCUT2D eigenvalue weighted by atomic mass is 10.1. The van der Waals surface area contributed by atoms with Crippen LogP contribution in [0.3, 0.4) is 0 Å². The minimum atomic E-state index is -0.243. The summed E-state index contributed by atoms with van der Waals surface area (Å²) in [5, 5.41) is 1.16. The lowest BCUT2D eigenvalue weighted by Gasteiger charge is -2.29. The molecule has 0 unspecified atom stereocenters. The highest BCUT2D eigenvalue weighted by Crippen LogP contribution is 2.30. The van der Waals surface area contributed by atoms with Crippen molar-refractivity contribution in [2.45, 2.75) is 70.8 Å². The Morgan fingerprint density at radius 1 is 1.19 bits per heavy atom. The molecule has 1 fully saturated rings. The van der Waals surface area contributed by atoms with Crippen molar-refractivity contribution in [3.63, 3.8) is 0 Å². The summed E-state index contributed by atoms with van der Waals surface area (Å²) >= 11 is 2.99. The van der Waals surface area contributed by atoms with Crippen LogP contribution in [0.25, 0.3) is 10.2 Å². The molecule has 7 heteroatoms. The quantitative estimate of drug-likeness (QED) is 0.550. The third kappa shape index (κ3) is 4.24. The van der Waals surface area contributed by atoms with Crippen molar-refractivity contribution in [1.82, 2.24) is 14.5 Å². The molecule has 1 aliphatic heterocycles. The zero-order valence-electron chi connectivity index (χ0n) is 16.9. The summed E-state index contributed by atoms with van der Waals surface area (Å²) in [5.41, 5.74) is 1.05. The molecule has 0 N–H and O–H groups in total. The van der Waals surface area contributed by atoms with E-state index in [-0.39, 0.29) is 16.7 Å². The fourth-order valence-corrected chi connectivity index (χ4v) is 5.58. The topological polar surface area (TPSA) is 55.2 Å². The number of thioether (sulfide) groups is 1. The number of hydrogen-bond acceptors (Lipinski definition) is 5. The van der Waals surface area contributed by atoms with Crippen LogP contribution in [0.5, 0.6) is 0 Å². The van der Waals surface area contributed by atoms with Gasteiger partial charge in [0.15, 0.2) is 5.16 Å². The van der Waals surface area contributed by atoms with Gasteiger partial charge in [0.1, 0.15) is 4.83 Å². The van der Waals surface area contributed by atoms with E-state index in [1.165, 1.54) is 18.2 Å². The fraction of sp³-hybridized carbons (Fsp3) is 0.650. The number of rotatable bonds is 5. The van der Waals surface area contributed by atoms with Crippen molar-refractivity contribution >= 4 is 39.2 Å². The fourth-order valence-electron chi connectivity index (χ4n) is 3.50. The molecule has 0 bridgehead atoms. The first-order valence-corrected chi connectivity index (χ1v) is 11.4. The van der Waals surface area contributed by atoms with Crippen LogP contribution >= 0.6 is 23.1 Å². The van der Waals surface area contributed by atoms with Gasteiger partial charge in [0.2, 0.25) is 5.91 Å². The smallest absolute Gasteiger partial charge is 0.263 e. The van der Waals surface area contributed by atoms with E-state index in [0.717, 1.165) is 46.6 Å². The molecule has 1 saturated heterocycles. The van der Waals surface area contributed by atoms with Crippen molar-refractivity contribution in [2.24, 2.45) is 5.92 Å². The van der Waals surface area contributed by atoms with Crippen LogP contribution in [0.4, 0.5) is 0 Å². The van der Waals surface area contributed by atoms with Crippen LogP contribution in [-0.4, -0.2) is 38.7 Å². The van der Waals surface area contributed by atoms with E-state index < -0.39 is 0 Å². The Kier molecular flexibility index (Phi) is 6.31. The second kappa shape index (κ2) is 8.35. The molecule has 1 aliphatic rings. The molecule has 5 nitrogen and oxygen atoms in total. The van der Waals surface area contributed by atoms with Gasteiger partial charge in [-0.2, -0.15) is 0 Å². The van der Waals surface area contributed by atoms with Gasteiger partial charge in [-0.25, -0.2) is 4.98 Å². The molecule has 2 aromatic rings. The summed E-state index contributed by atoms with van der Waals surface area (Å²) < 4.78 is 1.77. The number of carbonyl (C=O) groups excluding carboxylic acids is 1. The Bertz CT molecular complexity index is 895. The first-order valence-electron chi connectivity index (χ1n) is 9.75. The van der Waals surface area contributed by atoms with Crippen LogP contribution in [0.1, 0.15) is 50.5 Å². The van der Waals surface area contributed by atoms with Crippen molar-refractivity contribution in [2.75, 3.05) is 13.1 Å². The van der Waals surface area contributed by atoms with Crippen LogP contribution in [0.2, 0.25) is 0 Å². The van der Waals surface area contributed by atoms with Crippen molar-refractivity contribution < 1.29 is 4.79 Å². The van der Waals surface area contributed by atoms with E-state index in [2.05, 4.69) is 13.8 Å². The number of carbonyl (C=O) groups is 1. The second-order valence-electron chi connectivity index (χ2n) is 7.81. The maximum Gasteiger partial charge on any atom is 0.263 e. The molecular formula is C20H29N3O2S2. The number of aromatic nitrogens is 2. The summed E-state index contributed by atoms with van der Waals surface area (Å²) in [6.45, 7) is 12.5. The summed E-state index contributed by atoms with van der Waals surface area (Å²) in [4.78, 5) is 34.7. The molecule has 0 aromatic carbocycles. The molecule has 2 aromatic heterocycles. The monoisotopic (exact) mass is 407 g/mol. The average molecular weight is 408 g/mol. The van der Waals surface area contributed by atoms with E-state index in [1.54, 1.807) is 15.9 Å². The molecule has 1 amide bonds. The molecule has 3 rings (SSSR count). The summed E-state index contributed by atoms with van der Waals surface area (Å²) in [6, 6.07) is 0. The summed E-state index contributed by atoms with van der Waals surface area (Å²) in [7, 11) is 0. The first-order chi connectivity index (χ1) is 12.8.